The standard InChI is InChI=1S/C30H32N4O4/c1-20(2)34(19-27(36)31-26(35)18-21-15-16-24(37-3)25(17-21)38-4)30-28(22-11-7-5-8-12-22)32-29(33-30)23-13-9-6-10-14-23/h5-17,20H,18-19H2,1-4H3,(H,32,33)(H,31,35,36). The second-order valence-corrected chi connectivity index (χ2v) is 9.08. The number of aromatic amines is 1. The number of nitrogens with zero attached hydrogens (tertiary/aromatic N) is 2. The van der Waals surface area contributed by atoms with Crippen molar-refractivity contribution in [1.82, 2.24) is 15.3 Å². The van der Waals surface area contributed by atoms with E-state index in [4.69, 9.17) is 14.5 Å². The van der Waals surface area contributed by atoms with Crippen molar-refractivity contribution in [3.05, 3.63) is 84.4 Å². The molecule has 0 atom stereocenters. The van der Waals surface area contributed by atoms with E-state index in [0.29, 0.717) is 28.7 Å². The Balaban J connectivity index is 1.55. The van der Waals surface area contributed by atoms with Crippen LogP contribution in [0.5, 0.6) is 11.5 Å². The minimum atomic E-state index is -0.410. The van der Waals surface area contributed by atoms with E-state index >= 15 is 0 Å². The summed E-state index contributed by atoms with van der Waals surface area (Å²) >= 11 is 0. The predicted octanol–water partition coefficient (Wildman–Crippen LogP) is 4.86. The van der Waals surface area contributed by atoms with Crippen LogP contribution in [0, 0.1) is 0 Å². The van der Waals surface area contributed by atoms with E-state index < -0.39 is 11.8 Å². The molecular formula is C30H32N4O4. The highest BCUT2D eigenvalue weighted by molar-refractivity contribution is 5.98. The number of H-pyrrole nitrogens is 1. The number of amides is 2. The van der Waals surface area contributed by atoms with Gasteiger partial charge in [-0.15, -0.1) is 0 Å². The number of imidazole rings is 1. The Hall–Kier alpha value is -4.59. The molecular weight excluding hydrogens is 480 g/mol. The van der Waals surface area contributed by atoms with Crippen molar-refractivity contribution in [2.45, 2.75) is 26.3 Å². The second-order valence-electron chi connectivity index (χ2n) is 9.08. The van der Waals surface area contributed by atoms with Crippen molar-refractivity contribution < 1.29 is 19.1 Å². The van der Waals surface area contributed by atoms with Gasteiger partial charge in [0.15, 0.2) is 17.3 Å². The highest BCUT2D eigenvalue weighted by Gasteiger charge is 2.24. The topological polar surface area (TPSA) is 96.5 Å². The third-order valence-corrected chi connectivity index (χ3v) is 6.10. The molecule has 0 unspecified atom stereocenters. The van der Waals surface area contributed by atoms with Gasteiger partial charge in [0.2, 0.25) is 11.8 Å². The van der Waals surface area contributed by atoms with E-state index in [0.717, 1.165) is 16.8 Å². The third-order valence-electron chi connectivity index (χ3n) is 6.10. The van der Waals surface area contributed by atoms with Gasteiger partial charge in [0.1, 0.15) is 5.82 Å². The van der Waals surface area contributed by atoms with E-state index in [1.54, 1.807) is 25.3 Å². The highest BCUT2D eigenvalue weighted by Crippen LogP contribution is 2.33. The maximum Gasteiger partial charge on any atom is 0.246 e. The average molecular weight is 513 g/mol. The zero-order valence-electron chi connectivity index (χ0n) is 22.0. The van der Waals surface area contributed by atoms with Crippen molar-refractivity contribution in [2.75, 3.05) is 25.7 Å². The fourth-order valence-electron chi connectivity index (χ4n) is 4.18. The van der Waals surface area contributed by atoms with Gasteiger partial charge in [-0.3, -0.25) is 14.9 Å². The first kappa shape index (κ1) is 26.5. The number of carbonyl (C=O) groups excluding carboxylic acids is 2. The van der Waals surface area contributed by atoms with Gasteiger partial charge in [-0.2, -0.15) is 0 Å². The minimum absolute atomic E-state index is 0.0313. The van der Waals surface area contributed by atoms with Crippen LogP contribution in [-0.2, 0) is 16.0 Å². The van der Waals surface area contributed by atoms with Gasteiger partial charge in [0, 0.05) is 17.2 Å². The van der Waals surface area contributed by atoms with Gasteiger partial charge >= 0.3 is 0 Å². The van der Waals surface area contributed by atoms with Crippen LogP contribution >= 0.6 is 0 Å². The Morgan fingerprint density at radius 3 is 2.11 bits per heavy atom. The molecule has 1 heterocycles. The number of methoxy groups -OCH3 is 2. The summed E-state index contributed by atoms with van der Waals surface area (Å²) in [5.74, 6) is 1.64. The Kier molecular flexibility index (Phi) is 8.43. The first-order valence-electron chi connectivity index (χ1n) is 12.4. The molecule has 0 aliphatic heterocycles. The van der Waals surface area contributed by atoms with E-state index in [1.165, 1.54) is 7.11 Å². The number of benzene rings is 3. The molecule has 0 aliphatic carbocycles. The first-order valence-corrected chi connectivity index (χ1v) is 12.4. The molecule has 8 nitrogen and oxygen atoms in total. The van der Waals surface area contributed by atoms with Crippen molar-refractivity contribution >= 4 is 17.6 Å². The Morgan fingerprint density at radius 1 is 0.868 bits per heavy atom. The van der Waals surface area contributed by atoms with Gasteiger partial charge in [0.05, 0.1) is 32.9 Å². The summed E-state index contributed by atoms with van der Waals surface area (Å²) in [5.41, 5.74) is 3.41. The number of hydrogen-bond donors (Lipinski definition) is 2. The number of rotatable bonds is 10. The van der Waals surface area contributed by atoms with E-state index in [9.17, 15) is 9.59 Å². The van der Waals surface area contributed by atoms with Crippen molar-refractivity contribution in [3.63, 3.8) is 0 Å². The largest absolute Gasteiger partial charge is 0.493 e. The summed E-state index contributed by atoms with van der Waals surface area (Å²) in [6.07, 6.45) is 0.0313. The van der Waals surface area contributed by atoms with Crippen LogP contribution in [-0.4, -0.2) is 48.6 Å². The van der Waals surface area contributed by atoms with Crippen molar-refractivity contribution in [3.8, 4) is 34.1 Å². The summed E-state index contributed by atoms with van der Waals surface area (Å²) in [6, 6.07) is 24.9. The molecule has 8 heteroatoms. The maximum atomic E-state index is 13.0. The normalized spacial score (nSPS) is 10.8. The molecule has 0 fully saturated rings. The van der Waals surface area contributed by atoms with Crippen LogP contribution in [0.2, 0.25) is 0 Å². The number of nitrogens with one attached hydrogen (secondary N) is 2. The van der Waals surface area contributed by atoms with Gasteiger partial charge in [0.25, 0.3) is 0 Å². The number of anilines is 1. The predicted molar refractivity (Wildman–Crippen MR) is 148 cm³/mol. The molecule has 0 radical (unpaired) electrons. The third kappa shape index (κ3) is 6.21. The molecule has 0 saturated heterocycles. The van der Waals surface area contributed by atoms with E-state index in [-0.39, 0.29) is 19.0 Å². The fraction of sp³-hybridized carbons (Fsp3) is 0.233. The smallest absolute Gasteiger partial charge is 0.246 e. The van der Waals surface area contributed by atoms with Crippen LogP contribution in [0.4, 0.5) is 5.82 Å². The zero-order valence-corrected chi connectivity index (χ0v) is 22.0. The minimum Gasteiger partial charge on any atom is -0.493 e. The molecule has 0 spiro atoms. The van der Waals surface area contributed by atoms with Crippen LogP contribution in [0.25, 0.3) is 22.6 Å². The number of carbonyl (C=O) groups is 2. The van der Waals surface area contributed by atoms with E-state index in [2.05, 4.69) is 10.3 Å². The van der Waals surface area contributed by atoms with Crippen molar-refractivity contribution in [1.29, 1.82) is 0 Å². The summed E-state index contributed by atoms with van der Waals surface area (Å²) in [6.45, 7) is 3.95. The molecule has 2 N–H and O–H groups in total. The zero-order chi connectivity index (χ0) is 27.1. The fourth-order valence-corrected chi connectivity index (χ4v) is 4.18. The lowest BCUT2D eigenvalue weighted by molar-refractivity contribution is -0.129. The lowest BCUT2D eigenvalue weighted by Gasteiger charge is -2.27. The van der Waals surface area contributed by atoms with Crippen LogP contribution in [0.15, 0.2) is 78.9 Å². The Labute approximate surface area is 222 Å². The van der Waals surface area contributed by atoms with Gasteiger partial charge < -0.3 is 19.4 Å². The van der Waals surface area contributed by atoms with Crippen LogP contribution < -0.4 is 19.7 Å². The van der Waals surface area contributed by atoms with Crippen molar-refractivity contribution in [2.24, 2.45) is 0 Å². The summed E-state index contributed by atoms with van der Waals surface area (Å²) in [7, 11) is 3.09. The number of ether oxygens (including phenoxy) is 2. The Bertz CT molecular complexity index is 1380. The molecule has 0 saturated carbocycles. The quantitative estimate of drug-likeness (QED) is 0.315. The SMILES string of the molecule is COc1ccc(CC(=O)NC(=O)CN(c2nc(-c3ccccc3)[nH]c2-c2ccccc2)C(C)C)cc1OC. The molecule has 3 aromatic carbocycles. The van der Waals surface area contributed by atoms with E-state index in [1.807, 2.05) is 79.4 Å². The van der Waals surface area contributed by atoms with Gasteiger partial charge in [-0.25, -0.2) is 4.98 Å². The number of imide groups is 1. The molecule has 38 heavy (non-hydrogen) atoms. The monoisotopic (exact) mass is 512 g/mol. The van der Waals surface area contributed by atoms with Gasteiger partial charge in [-0.05, 0) is 31.5 Å². The summed E-state index contributed by atoms with van der Waals surface area (Å²) < 4.78 is 10.6. The first-order chi connectivity index (χ1) is 18.4. The molecule has 4 aromatic rings. The highest BCUT2D eigenvalue weighted by atomic mass is 16.5. The average Bonchev–Trinajstić information content (AvgIpc) is 3.37. The number of hydrogen-bond acceptors (Lipinski definition) is 6. The summed E-state index contributed by atoms with van der Waals surface area (Å²) in [4.78, 5) is 36.0. The second kappa shape index (κ2) is 12.1. The molecule has 0 bridgehead atoms. The lowest BCUT2D eigenvalue weighted by Crippen LogP contribution is -2.43. The maximum absolute atomic E-state index is 13.0. The number of aromatic nitrogens is 2. The van der Waals surface area contributed by atoms with Crippen LogP contribution in [0.3, 0.4) is 0 Å². The molecule has 0 aliphatic rings. The Morgan fingerprint density at radius 2 is 1.50 bits per heavy atom. The molecule has 2 amide bonds. The van der Waals surface area contributed by atoms with Crippen LogP contribution in [0.1, 0.15) is 19.4 Å². The lowest BCUT2D eigenvalue weighted by atomic mass is 10.1. The molecule has 1 aromatic heterocycles. The molecule has 196 valence electrons. The van der Waals surface area contributed by atoms with Gasteiger partial charge in [-0.1, -0.05) is 66.7 Å². The summed E-state index contributed by atoms with van der Waals surface area (Å²) in [5, 5.41) is 2.52. The molecule has 4 rings (SSSR count).